The first-order chi connectivity index (χ1) is 14.4. The van der Waals surface area contributed by atoms with Gasteiger partial charge >= 0.3 is 6.16 Å². The van der Waals surface area contributed by atoms with Gasteiger partial charge in [-0.25, -0.2) is 19.7 Å². The molecule has 12 heteroatoms. The van der Waals surface area contributed by atoms with Gasteiger partial charge in [0.2, 0.25) is 5.82 Å². The highest BCUT2D eigenvalue weighted by Crippen LogP contribution is 2.28. The Labute approximate surface area is 171 Å². The largest absolute Gasteiger partial charge is 0.525 e. The van der Waals surface area contributed by atoms with E-state index in [4.69, 9.17) is 15.6 Å². The van der Waals surface area contributed by atoms with E-state index < -0.39 is 24.6 Å². The van der Waals surface area contributed by atoms with Crippen LogP contribution < -0.4 is 5.73 Å². The highest BCUT2D eigenvalue weighted by Gasteiger charge is 2.37. The molecule has 2 aliphatic rings. The van der Waals surface area contributed by atoms with E-state index in [1.54, 1.807) is 0 Å². The second kappa shape index (κ2) is 8.41. The summed E-state index contributed by atoms with van der Waals surface area (Å²) in [5, 5.41) is 29.9. The molecule has 2 aliphatic heterocycles. The number of hydroxylamine groups is 2. The summed E-state index contributed by atoms with van der Waals surface area (Å²) in [6.07, 6.45) is -0.626. The number of ether oxygens (including phenoxy) is 1. The number of fused-ring (bicyclic) bond motifs is 1. The van der Waals surface area contributed by atoms with E-state index in [0.717, 1.165) is 12.8 Å². The van der Waals surface area contributed by atoms with Crippen molar-refractivity contribution in [2.24, 2.45) is 5.92 Å². The van der Waals surface area contributed by atoms with Crippen LogP contribution in [-0.4, -0.2) is 78.0 Å². The SMILES string of the molecule is Nc1nc(C#CCC2CCN(OC(=O)O)CC2)nc2c1ncn2C1OCC(O)C1O. The molecule has 2 aromatic rings. The topological polar surface area (TPSA) is 169 Å². The zero-order valence-electron chi connectivity index (χ0n) is 16.0. The quantitative estimate of drug-likeness (QED) is 0.484. The summed E-state index contributed by atoms with van der Waals surface area (Å²) >= 11 is 0. The van der Waals surface area contributed by atoms with Crippen LogP contribution in [-0.2, 0) is 9.57 Å². The number of nitrogens with zero attached hydrogens (tertiary/aromatic N) is 5. The number of nitrogens with two attached hydrogens (primary N) is 1. The van der Waals surface area contributed by atoms with Crippen molar-refractivity contribution in [2.75, 3.05) is 25.4 Å². The number of aromatic nitrogens is 4. The summed E-state index contributed by atoms with van der Waals surface area (Å²) in [4.78, 5) is 28.0. The van der Waals surface area contributed by atoms with Crippen molar-refractivity contribution < 1.29 is 29.7 Å². The summed E-state index contributed by atoms with van der Waals surface area (Å²) in [5.74, 6) is 6.68. The fourth-order valence-corrected chi connectivity index (χ4v) is 3.60. The number of anilines is 1. The Morgan fingerprint density at radius 3 is 2.77 bits per heavy atom. The molecule has 0 aliphatic carbocycles. The Bertz CT molecular complexity index is 992. The summed E-state index contributed by atoms with van der Waals surface area (Å²) in [6, 6.07) is 0. The third kappa shape index (κ3) is 4.14. The molecule has 0 spiro atoms. The molecule has 5 N–H and O–H groups in total. The van der Waals surface area contributed by atoms with E-state index in [-0.39, 0.29) is 18.2 Å². The standard InChI is InChI=1S/C18H22N6O6/c19-15-13-16(24(9-20-13)17-14(26)11(25)8-29-17)22-12(21-15)3-1-2-10-4-6-23(7-5-10)30-18(27)28/h9-11,14,17,25-26H,2,4-8H2,(H,27,28)(H2,19,21,22). The van der Waals surface area contributed by atoms with Gasteiger partial charge in [0.25, 0.3) is 0 Å². The molecule has 4 heterocycles. The van der Waals surface area contributed by atoms with Crippen molar-refractivity contribution in [3.05, 3.63) is 12.2 Å². The smallest absolute Gasteiger partial charge is 0.448 e. The number of hydrogen-bond donors (Lipinski definition) is 4. The van der Waals surface area contributed by atoms with Gasteiger partial charge in [0, 0.05) is 19.5 Å². The van der Waals surface area contributed by atoms with Crippen LogP contribution in [0.1, 0.15) is 31.3 Å². The number of piperidine rings is 1. The summed E-state index contributed by atoms with van der Waals surface area (Å²) in [7, 11) is 0. The molecule has 0 radical (unpaired) electrons. The average molecular weight is 418 g/mol. The lowest BCUT2D eigenvalue weighted by Gasteiger charge is -2.28. The molecule has 0 aromatic carbocycles. The summed E-state index contributed by atoms with van der Waals surface area (Å²) < 4.78 is 6.95. The molecular weight excluding hydrogens is 396 g/mol. The Balaban J connectivity index is 1.46. The number of carbonyl (C=O) groups is 1. The number of aliphatic hydroxyl groups excluding tert-OH is 2. The number of aliphatic hydroxyl groups is 2. The minimum Gasteiger partial charge on any atom is -0.448 e. The molecule has 30 heavy (non-hydrogen) atoms. The predicted octanol–water partition coefficient (Wildman–Crippen LogP) is -0.278. The molecule has 12 nitrogen and oxygen atoms in total. The number of imidazole rings is 1. The minimum atomic E-state index is -1.30. The second-order valence-corrected chi connectivity index (χ2v) is 7.27. The normalized spacial score (nSPS) is 25.2. The maximum Gasteiger partial charge on any atom is 0.525 e. The lowest BCUT2D eigenvalue weighted by atomic mass is 9.95. The van der Waals surface area contributed by atoms with Gasteiger partial charge in [-0.1, -0.05) is 5.92 Å². The first-order valence-electron chi connectivity index (χ1n) is 9.55. The van der Waals surface area contributed by atoms with E-state index in [1.165, 1.54) is 16.0 Å². The van der Waals surface area contributed by atoms with Crippen LogP contribution in [0.25, 0.3) is 11.2 Å². The Kier molecular flexibility index (Phi) is 5.69. The molecule has 0 amide bonds. The number of nitrogen functional groups attached to an aromatic ring is 1. The third-order valence-electron chi connectivity index (χ3n) is 5.22. The number of carboxylic acid groups (broad SMARTS) is 1. The number of hydrogen-bond acceptors (Lipinski definition) is 10. The van der Waals surface area contributed by atoms with Crippen LogP contribution in [0, 0.1) is 17.8 Å². The molecule has 2 saturated heterocycles. The molecule has 3 atom stereocenters. The van der Waals surface area contributed by atoms with Gasteiger partial charge in [-0.15, -0.1) is 5.06 Å². The van der Waals surface area contributed by atoms with Gasteiger partial charge in [0.15, 0.2) is 17.7 Å². The van der Waals surface area contributed by atoms with E-state index in [2.05, 4.69) is 31.6 Å². The second-order valence-electron chi connectivity index (χ2n) is 7.27. The first kappa shape index (κ1) is 20.3. The van der Waals surface area contributed by atoms with Crippen LogP contribution in [0.2, 0.25) is 0 Å². The van der Waals surface area contributed by atoms with E-state index in [0.29, 0.717) is 36.6 Å². The lowest BCUT2D eigenvalue weighted by molar-refractivity contribution is -0.135. The summed E-state index contributed by atoms with van der Waals surface area (Å²) in [5.41, 5.74) is 6.72. The first-order valence-corrected chi connectivity index (χ1v) is 9.55. The molecule has 3 unspecified atom stereocenters. The zero-order chi connectivity index (χ0) is 21.3. The molecule has 0 bridgehead atoms. The van der Waals surface area contributed by atoms with Crippen molar-refractivity contribution >= 4 is 23.1 Å². The van der Waals surface area contributed by atoms with E-state index in [9.17, 15) is 15.0 Å². The monoisotopic (exact) mass is 418 g/mol. The third-order valence-corrected chi connectivity index (χ3v) is 5.22. The van der Waals surface area contributed by atoms with Crippen LogP contribution in [0.4, 0.5) is 10.6 Å². The van der Waals surface area contributed by atoms with Gasteiger partial charge in [-0.3, -0.25) is 4.57 Å². The molecule has 2 fully saturated rings. The number of rotatable bonds is 3. The van der Waals surface area contributed by atoms with Gasteiger partial charge in [-0.2, -0.15) is 0 Å². The van der Waals surface area contributed by atoms with Crippen LogP contribution >= 0.6 is 0 Å². The fourth-order valence-electron chi connectivity index (χ4n) is 3.60. The van der Waals surface area contributed by atoms with Gasteiger partial charge in [0.05, 0.1) is 12.9 Å². The maximum atomic E-state index is 10.6. The van der Waals surface area contributed by atoms with Gasteiger partial charge in [-0.05, 0) is 24.7 Å². The Morgan fingerprint density at radius 1 is 1.33 bits per heavy atom. The van der Waals surface area contributed by atoms with Crippen LogP contribution in [0.5, 0.6) is 0 Å². The highest BCUT2D eigenvalue weighted by atomic mass is 16.8. The lowest BCUT2D eigenvalue weighted by Crippen LogP contribution is -2.35. The average Bonchev–Trinajstić information content (AvgIpc) is 3.27. The van der Waals surface area contributed by atoms with E-state index in [1.807, 2.05) is 0 Å². The molecule has 0 saturated carbocycles. The van der Waals surface area contributed by atoms with Crippen LogP contribution in [0.15, 0.2) is 6.33 Å². The summed E-state index contributed by atoms with van der Waals surface area (Å²) in [6.45, 7) is 1.07. The van der Waals surface area contributed by atoms with Crippen molar-refractivity contribution in [1.82, 2.24) is 24.6 Å². The van der Waals surface area contributed by atoms with Crippen molar-refractivity contribution in [2.45, 2.75) is 37.7 Å². The van der Waals surface area contributed by atoms with Gasteiger partial charge < -0.3 is 30.6 Å². The van der Waals surface area contributed by atoms with Crippen molar-refractivity contribution in [3.63, 3.8) is 0 Å². The Hall–Kier alpha value is -2.98. The van der Waals surface area contributed by atoms with Gasteiger partial charge in [0.1, 0.15) is 17.7 Å². The maximum absolute atomic E-state index is 10.6. The predicted molar refractivity (Wildman–Crippen MR) is 102 cm³/mol. The molecule has 160 valence electrons. The van der Waals surface area contributed by atoms with E-state index >= 15 is 0 Å². The molecule has 4 rings (SSSR count). The van der Waals surface area contributed by atoms with Crippen molar-refractivity contribution in [1.29, 1.82) is 0 Å². The highest BCUT2D eigenvalue weighted by molar-refractivity contribution is 5.82. The molecular formula is C18H22N6O6. The fraction of sp³-hybridized carbons (Fsp3) is 0.556. The minimum absolute atomic E-state index is 0.00899. The molecule has 2 aromatic heterocycles. The zero-order valence-corrected chi connectivity index (χ0v) is 16.0. The van der Waals surface area contributed by atoms with Crippen molar-refractivity contribution in [3.8, 4) is 11.8 Å². The van der Waals surface area contributed by atoms with Crippen LogP contribution in [0.3, 0.4) is 0 Å². The Morgan fingerprint density at radius 2 is 2.10 bits per heavy atom.